The Morgan fingerprint density at radius 3 is 2.23 bits per heavy atom. The van der Waals surface area contributed by atoms with E-state index in [9.17, 15) is 4.39 Å². The summed E-state index contributed by atoms with van der Waals surface area (Å²) in [6, 6.07) is 0. The molecule has 76 valence electrons. The lowest BCUT2D eigenvalue weighted by atomic mass is 10.1. The number of rotatable bonds is 4. The van der Waals surface area contributed by atoms with Crippen LogP contribution in [-0.2, 0) is 0 Å². The van der Waals surface area contributed by atoms with Crippen LogP contribution in [0.25, 0.3) is 0 Å². The Hall–Kier alpha value is -0.860. The predicted octanol–water partition coefficient (Wildman–Crippen LogP) is 2.61. The maximum Gasteiger partial charge on any atom is 0.122 e. The van der Waals surface area contributed by atoms with E-state index in [0.717, 1.165) is 11.3 Å². The maximum absolute atomic E-state index is 13.2. The first-order valence-corrected chi connectivity index (χ1v) is 4.36. The Morgan fingerprint density at radius 2 is 1.92 bits per heavy atom. The standard InChI is InChI=1S/C10H19FN2/c1-8(6-12)9(2)13(5)7-10(3,4)11/h6,12H,7H2,1-5H3/b9-8+,12-6?. The molecule has 0 aliphatic heterocycles. The molecule has 0 aliphatic rings. The van der Waals surface area contributed by atoms with E-state index < -0.39 is 5.67 Å². The van der Waals surface area contributed by atoms with Gasteiger partial charge in [0.05, 0.1) is 6.54 Å². The van der Waals surface area contributed by atoms with E-state index in [0.29, 0.717) is 6.54 Å². The molecule has 0 aromatic heterocycles. The molecule has 0 spiro atoms. The van der Waals surface area contributed by atoms with E-state index in [1.807, 2.05) is 25.8 Å². The molecule has 0 atom stereocenters. The van der Waals surface area contributed by atoms with E-state index >= 15 is 0 Å². The van der Waals surface area contributed by atoms with Crippen LogP contribution in [0, 0.1) is 5.41 Å². The highest BCUT2D eigenvalue weighted by Gasteiger charge is 2.18. The molecule has 0 saturated carbocycles. The SMILES string of the molecule is C/C(C=N)=C(/C)N(C)CC(C)(C)F. The third-order valence-corrected chi connectivity index (χ3v) is 1.97. The van der Waals surface area contributed by atoms with E-state index in [2.05, 4.69) is 0 Å². The van der Waals surface area contributed by atoms with Gasteiger partial charge in [-0.1, -0.05) is 0 Å². The lowest BCUT2D eigenvalue weighted by Crippen LogP contribution is -2.32. The van der Waals surface area contributed by atoms with E-state index in [1.54, 1.807) is 13.8 Å². The highest BCUT2D eigenvalue weighted by molar-refractivity contribution is 5.75. The molecule has 0 heterocycles. The van der Waals surface area contributed by atoms with Crippen LogP contribution >= 0.6 is 0 Å². The number of hydrogen-bond acceptors (Lipinski definition) is 2. The van der Waals surface area contributed by atoms with Crippen molar-refractivity contribution in [1.29, 1.82) is 5.41 Å². The number of alkyl halides is 1. The summed E-state index contributed by atoms with van der Waals surface area (Å²) in [5.41, 5.74) is 0.616. The molecule has 0 rings (SSSR count). The van der Waals surface area contributed by atoms with Gasteiger partial charge in [0.1, 0.15) is 5.67 Å². The zero-order chi connectivity index (χ0) is 10.6. The molecule has 0 aliphatic carbocycles. The number of halogens is 1. The number of hydrogen-bond donors (Lipinski definition) is 1. The van der Waals surface area contributed by atoms with Crippen LogP contribution in [0.15, 0.2) is 11.3 Å². The minimum atomic E-state index is -1.20. The molecule has 0 aromatic rings. The number of allylic oxidation sites excluding steroid dienone is 2. The molecule has 0 radical (unpaired) electrons. The zero-order valence-corrected chi connectivity index (χ0v) is 9.11. The van der Waals surface area contributed by atoms with Crippen molar-refractivity contribution in [2.24, 2.45) is 0 Å². The smallest absolute Gasteiger partial charge is 0.122 e. The first kappa shape index (κ1) is 12.1. The van der Waals surface area contributed by atoms with Crippen molar-refractivity contribution >= 4 is 6.21 Å². The Kier molecular flexibility index (Phi) is 4.11. The second-order valence-electron chi connectivity index (χ2n) is 3.99. The third kappa shape index (κ3) is 4.65. The fourth-order valence-corrected chi connectivity index (χ4v) is 1.09. The summed E-state index contributed by atoms with van der Waals surface area (Å²) < 4.78 is 13.2. The quantitative estimate of drug-likeness (QED) is 0.671. The summed E-state index contributed by atoms with van der Waals surface area (Å²) in [6.07, 6.45) is 1.29. The lowest BCUT2D eigenvalue weighted by Gasteiger charge is -2.26. The molecule has 3 heteroatoms. The van der Waals surface area contributed by atoms with Gasteiger partial charge in [0.25, 0.3) is 0 Å². The van der Waals surface area contributed by atoms with E-state index in [1.165, 1.54) is 6.21 Å². The Labute approximate surface area is 79.9 Å². The van der Waals surface area contributed by atoms with Gasteiger partial charge in [-0.25, -0.2) is 4.39 Å². The topological polar surface area (TPSA) is 27.1 Å². The molecule has 0 unspecified atom stereocenters. The van der Waals surface area contributed by atoms with Gasteiger partial charge in [0, 0.05) is 19.0 Å². The predicted molar refractivity (Wildman–Crippen MR) is 55.0 cm³/mol. The van der Waals surface area contributed by atoms with Crippen LogP contribution in [0.5, 0.6) is 0 Å². The summed E-state index contributed by atoms with van der Waals surface area (Å²) in [6.45, 7) is 7.20. The van der Waals surface area contributed by atoms with Gasteiger partial charge in [-0.2, -0.15) is 0 Å². The Balaban J connectivity index is 4.44. The molecule has 13 heavy (non-hydrogen) atoms. The van der Waals surface area contributed by atoms with Crippen molar-refractivity contribution in [3.05, 3.63) is 11.3 Å². The highest BCUT2D eigenvalue weighted by atomic mass is 19.1. The van der Waals surface area contributed by atoms with E-state index in [4.69, 9.17) is 5.41 Å². The molecular weight excluding hydrogens is 167 g/mol. The van der Waals surface area contributed by atoms with Crippen molar-refractivity contribution in [3.63, 3.8) is 0 Å². The highest BCUT2D eigenvalue weighted by Crippen LogP contribution is 2.14. The van der Waals surface area contributed by atoms with Gasteiger partial charge < -0.3 is 10.3 Å². The first-order chi connectivity index (χ1) is 5.78. The van der Waals surface area contributed by atoms with Crippen LogP contribution in [0.1, 0.15) is 27.7 Å². The fourth-order valence-electron chi connectivity index (χ4n) is 1.09. The summed E-state index contributed by atoms with van der Waals surface area (Å²) in [5, 5.41) is 7.06. The molecule has 0 aromatic carbocycles. The van der Waals surface area contributed by atoms with Crippen LogP contribution < -0.4 is 0 Å². The molecule has 2 nitrogen and oxygen atoms in total. The summed E-state index contributed by atoms with van der Waals surface area (Å²) >= 11 is 0. The van der Waals surface area contributed by atoms with Crippen LogP contribution in [0.4, 0.5) is 4.39 Å². The average molecular weight is 186 g/mol. The molecule has 1 N–H and O–H groups in total. The van der Waals surface area contributed by atoms with Crippen molar-refractivity contribution < 1.29 is 4.39 Å². The molecular formula is C10H19FN2. The largest absolute Gasteiger partial charge is 0.375 e. The van der Waals surface area contributed by atoms with Gasteiger partial charge in [-0.05, 0) is 33.3 Å². The van der Waals surface area contributed by atoms with Crippen LogP contribution in [0.2, 0.25) is 0 Å². The summed E-state index contributed by atoms with van der Waals surface area (Å²) in [7, 11) is 1.84. The molecule has 0 bridgehead atoms. The van der Waals surface area contributed by atoms with Crippen LogP contribution in [-0.4, -0.2) is 30.4 Å². The molecule has 0 amide bonds. The number of nitrogens with zero attached hydrogens (tertiary/aromatic N) is 1. The normalized spacial score (nSPS) is 13.7. The second-order valence-corrected chi connectivity index (χ2v) is 3.99. The Bertz CT molecular complexity index is 213. The Morgan fingerprint density at radius 1 is 1.46 bits per heavy atom. The van der Waals surface area contributed by atoms with Gasteiger partial charge in [-0.3, -0.25) is 0 Å². The monoisotopic (exact) mass is 186 g/mol. The maximum atomic E-state index is 13.2. The average Bonchev–Trinajstić information content (AvgIpc) is 1.98. The van der Waals surface area contributed by atoms with Crippen molar-refractivity contribution in [2.75, 3.05) is 13.6 Å². The summed E-state index contributed by atoms with van der Waals surface area (Å²) in [4.78, 5) is 1.83. The van der Waals surface area contributed by atoms with Crippen molar-refractivity contribution in [3.8, 4) is 0 Å². The third-order valence-electron chi connectivity index (χ3n) is 1.97. The minimum absolute atomic E-state index is 0.351. The van der Waals surface area contributed by atoms with E-state index in [-0.39, 0.29) is 0 Å². The molecule has 0 fully saturated rings. The van der Waals surface area contributed by atoms with Gasteiger partial charge in [0.15, 0.2) is 0 Å². The van der Waals surface area contributed by atoms with Gasteiger partial charge in [0.2, 0.25) is 0 Å². The number of nitrogens with one attached hydrogen (secondary N) is 1. The fraction of sp³-hybridized carbons (Fsp3) is 0.700. The summed E-state index contributed by atoms with van der Waals surface area (Å²) in [5.74, 6) is 0. The zero-order valence-electron chi connectivity index (χ0n) is 9.11. The van der Waals surface area contributed by atoms with Crippen molar-refractivity contribution in [2.45, 2.75) is 33.4 Å². The van der Waals surface area contributed by atoms with Crippen molar-refractivity contribution in [1.82, 2.24) is 4.90 Å². The minimum Gasteiger partial charge on any atom is -0.375 e. The lowest BCUT2D eigenvalue weighted by molar-refractivity contribution is 0.162. The molecule has 0 saturated heterocycles. The van der Waals surface area contributed by atoms with Crippen LogP contribution in [0.3, 0.4) is 0 Å². The van der Waals surface area contributed by atoms with Gasteiger partial charge >= 0.3 is 0 Å². The second kappa shape index (κ2) is 4.40. The van der Waals surface area contributed by atoms with Gasteiger partial charge in [-0.15, -0.1) is 0 Å². The first-order valence-electron chi connectivity index (χ1n) is 4.36.